The lowest BCUT2D eigenvalue weighted by atomic mass is 10.1. The third-order valence-corrected chi connectivity index (χ3v) is 5.59. The average Bonchev–Trinajstić information content (AvgIpc) is 3.29. The number of nitrogen functional groups attached to an aromatic ring is 1. The lowest BCUT2D eigenvalue weighted by Gasteiger charge is -2.11. The molecule has 5 heteroatoms. The molecule has 1 aromatic heterocycles. The summed E-state index contributed by atoms with van der Waals surface area (Å²) in [6, 6.07) is 18.7. The van der Waals surface area contributed by atoms with Crippen LogP contribution in [0.3, 0.4) is 0 Å². The van der Waals surface area contributed by atoms with Crippen LogP contribution in [0.25, 0.3) is 16.5 Å². The zero-order valence-electron chi connectivity index (χ0n) is 17.9. The normalized spacial score (nSPS) is 10.9. The summed E-state index contributed by atoms with van der Waals surface area (Å²) in [5, 5.41) is 12.0. The van der Waals surface area contributed by atoms with Crippen LogP contribution in [0.2, 0.25) is 0 Å². The van der Waals surface area contributed by atoms with E-state index in [-0.39, 0.29) is 0 Å². The number of nitrogens with two attached hydrogens (primary N) is 1. The maximum Gasteiger partial charge on any atom is 0.0624 e. The van der Waals surface area contributed by atoms with Crippen LogP contribution < -0.4 is 21.7 Å². The molecule has 0 unspecified atom stereocenters. The molecule has 0 atom stereocenters. The van der Waals surface area contributed by atoms with Crippen LogP contribution in [0.5, 0.6) is 0 Å². The van der Waals surface area contributed by atoms with Crippen molar-refractivity contribution in [3.63, 3.8) is 0 Å². The molecule has 160 valence electrons. The lowest BCUT2D eigenvalue weighted by Crippen LogP contribution is -2.25. The number of hydrogen-bond donors (Lipinski definition) is 4. The monoisotopic (exact) mass is 430 g/mol. The fourth-order valence-electron chi connectivity index (χ4n) is 3.02. The number of thiophene rings is 1. The van der Waals surface area contributed by atoms with Crippen LogP contribution in [-0.4, -0.2) is 13.1 Å². The van der Waals surface area contributed by atoms with Gasteiger partial charge in [0.2, 0.25) is 0 Å². The largest absolute Gasteiger partial charge is 0.397 e. The SMILES string of the molecule is C=C(C)NCCNCc1ccc(/C=C/C(=C)Nc2cc(-c3cccs3)ccc2N)cc1. The van der Waals surface area contributed by atoms with Crippen LogP contribution in [0.4, 0.5) is 11.4 Å². The van der Waals surface area contributed by atoms with Crippen molar-refractivity contribution < 1.29 is 0 Å². The Morgan fingerprint density at radius 2 is 1.87 bits per heavy atom. The van der Waals surface area contributed by atoms with Crippen LogP contribution >= 0.6 is 11.3 Å². The molecule has 0 aliphatic heterocycles. The summed E-state index contributed by atoms with van der Waals surface area (Å²) < 4.78 is 0. The molecule has 0 amide bonds. The first-order valence-corrected chi connectivity index (χ1v) is 11.2. The first kappa shape index (κ1) is 22.4. The number of hydrogen-bond acceptors (Lipinski definition) is 5. The summed E-state index contributed by atoms with van der Waals surface area (Å²) in [6.07, 6.45) is 4.01. The Morgan fingerprint density at radius 3 is 2.58 bits per heavy atom. The second-order valence-electron chi connectivity index (χ2n) is 7.39. The van der Waals surface area contributed by atoms with E-state index in [4.69, 9.17) is 5.73 Å². The van der Waals surface area contributed by atoms with Gasteiger partial charge < -0.3 is 21.7 Å². The summed E-state index contributed by atoms with van der Waals surface area (Å²) in [5.74, 6) is 0. The number of rotatable bonds is 11. The summed E-state index contributed by atoms with van der Waals surface area (Å²) in [6.45, 7) is 12.5. The van der Waals surface area contributed by atoms with Crippen molar-refractivity contribution in [2.45, 2.75) is 13.5 Å². The third-order valence-electron chi connectivity index (χ3n) is 4.67. The number of allylic oxidation sites excluding steroid dienone is 2. The van der Waals surface area contributed by atoms with E-state index < -0.39 is 0 Å². The van der Waals surface area contributed by atoms with E-state index in [1.54, 1.807) is 11.3 Å². The van der Waals surface area contributed by atoms with Crippen molar-refractivity contribution in [1.82, 2.24) is 10.6 Å². The molecule has 0 saturated carbocycles. The molecular weight excluding hydrogens is 400 g/mol. The van der Waals surface area contributed by atoms with E-state index in [0.29, 0.717) is 5.69 Å². The number of benzene rings is 2. The van der Waals surface area contributed by atoms with Crippen LogP contribution in [0.1, 0.15) is 18.1 Å². The Kier molecular flexibility index (Phi) is 8.10. The summed E-state index contributed by atoms with van der Waals surface area (Å²) in [5.41, 5.74) is 13.0. The second-order valence-corrected chi connectivity index (χ2v) is 8.34. The third kappa shape index (κ3) is 7.17. The minimum Gasteiger partial charge on any atom is -0.397 e. The van der Waals surface area contributed by atoms with Crippen molar-refractivity contribution in [1.29, 1.82) is 0 Å². The van der Waals surface area contributed by atoms with Crippen molar-refractivity contribution in [3.05, 3.63) is 102 Å². The van der Waals surface area contributed by atoms with Crippen LogP contribution in [-0.2, 0) is 6.54 Å². The fourth-order valence-corrected chi connectivity index (χ4v) is 3.74. The summed E-state index contributed by atoms with van der Waals surface area (Å²) >= 11 is 1.71. The van der Waals surface area contributed by atoms with Gasteiger partial charge in [-0.05, 0) is 53.3 Å². The first-order chi connectivity index (χ1) is 15.0. The van der Waals surface area contributed by atoms with Gasteiger partial charge in [-0.15, -0.1) is 11.3 Å². The van der Waals surface area contributed by atoms with E-state index in [0.717, 1.165) is 47.8 Å². The van der Waals surface area contributed by atoms with E-state index in [2.05, 4.69) is 70.9 Å². The fraction of sp³-hybridized carbons (Fsp3) is 0.154. The second kappa shape index (κ2) is 11.2. The molecule has 0 radical (unpaired) electrons. The van der Waals surface area contributed by atoms with Crippen LogP contribution in [0.15, 0.2) is 90.6 Å². The van der Waals surface area contributed by atoms with E-state index >= 15 is 0 Å². The van der Waals surface area contributed by atoms with Crippen molar-refractivity contribution >= 4 is 28.8 Å². The molecule has 0 fully saturated rings. The zero-order valence-corrected chi connectivity index (χ0v) is 18.8. The average molecular weight is 431 g/mol. The quantitative estimate of drug-likeness (QED) is 0.175. The van der Waals surface area contributed by atoms with Crippen LogP contribution in [0, 0.1) is 0 Å². The predicted octanol–water partition coefficient (Wildman–Crippen LogP) is 5.85. The standard InChI is InChI=1S/C26H30N4S/c1-19(2)29-15-14-28-18-22-10-8-21(9-11-22)7-6-20(3)30-25-17-23(12-13-24(25)27)26-5-4-16-31-26/h4-13,16-17,28-30H,1,3,14-15,18,27H2,2H3/b7-6+. The highest BCUT2D eigenvalue weighted by molar-refractivity contribution is 7.13. The predicted molar refractivity (Wildman–Crippen MR) is 137 cm³/mol. The highest BCUT2D eigenvalue weighted by Gasteiger charge is 2.04. The Hall–Kier alpha value is -3.28. The molecule has 2 aromatic carbocycles. The Balaban J connectivity index is 1.52. The zero-order chi connectivity index (χ0) is 22.1. The minimum absolute atomic E-state index is 0.699. The van der Waals surface area contributed by atoms with Crippen molar-refractivity contribution in [2.75, 3.05) is 24.1 Å². The Morgan fingerprint density at radius 1 is 1.06 bits per heavy atom. The van der Waals surface area contributed by atoms with Gasteiger partial charge in [0.1, 0.15) is 0 Å². The maximum atomic E-state index is 6.15. The molecule has 4 nitrogen and oxygen atoms in total. The minimum atomic E-state index is 0.699. The molecule has 0 aliphatic carbocycles. The van der Waals surface area contributed by atoms with Gasteiger partial charge in [-0.3, -0.25) is 0 Å². The van der Waals surface area contributed by atoms with Gasteiger partial charge in [-0.1, -0.05) is 55.6 Å². The molecule has 0 bridgehead atoms. The van der Waals surface area contributed by atoms with E-state index in [1.165, 1.54) is 10.4 Å². The molecule has 3 rings (SSSR count). The molecule has 31 heavy (non-hydrogen) atoms. The van der Waals surface area contributed by atoms with Gasteiger partial charge in [-0.25, -0.2) is 0 Å². The Labute approximate surface area is 189 Å². The number of anilines is 2. The van der Waals surface area contributed by atoms with E-state index in [9.17, 15) is 0 Å². The smallest absolute Gasteiger partial charge is 0.0624 e. The number of nitrogens with one attached hydrogen (secondary N) is 3. The highest BCUT2D eigenvalue weighted by atomic mass is 32.1. The van der Waals surface area contributed by atoms with Gasteiger partial charge in [0, 0.05) is 35.9 Å². The Bertz CT molecular complexity index is 1030. The van der Waals surface area contributed by atoms with Gasteiger partial charge in [0.15, 0.2) is 0 Å². The van der Waals surface area contributed by atoms with Crippen molar-refractivity contribution in [2.24, 2.45) is 0 Å². The highest BCUT2D eigenvalue weighted by Crippen LogP contribution is 2.30. The van der Waals surface area contributed by atoms with Crippen molar-refractivity contribution in [3.8, 4) is 10.4 Å². The van der Waals surface area contributed by atoms with Gasteiger partial charge in [0.05, 0.1) is 11.4 Å². The summed E-state index contributed by atoms with van der Waals surface area (Å²) in [7, 11) is 0. The van der Waals surface area contributed by atoms with Gasteiger partial charge >= 0.3 is 0 Å². The molecule has 1 heterocycles. The summed E-state index contributed by atoms with van der Waals surface area (Å²) in [4.78, 5) is 1.21. The maximum absolute atomic E-state index is 6.15. The topological polar surface area (TPSA) is 62.1 Å². The molecule has 5 N–H and O–H groups in total. The molecule has 0 aliphatic rings. The molecule has 0 spiro atoms. The van der Waals surface area contributed by atoms with Gasteiger partial charge in [-0.2, -0.15) is 0 Å². The van der Waals surface area contributed by atoms with Gasteiger partial charge in [0.25, 0.3) is 0 Å². The molecule has 3 aromatic rings. The lowest BCUT2D eigenvalue weighted by molar-refractivity contribution is 0.652. The first-order valence-electron chi connectivity index (χ1n) is 10.3. The molecular formula is C26H30N4S. The van der Waals surface area contributed by atoms with E-state index in [1.807, 2.05) is 37.3 Å². The molecule has 0 saturated heterocycles.